The maximum atomic E-state index is 12.4. The molecule has 1 aromatic heterocycles. The molecule has 0 fully saturated rings. The smallest absolute Gasteiger partial charge is 0.186 e. The first-order valence-electron chi connectivity index (χ1n) is 7.08. The molecule has 3 rings (SSSR count). The number of benzene rings is 1. The summed E-state index contributed by atoms with van der Waals surface area (Å²) in [5.74, 6) is 1.65. The molecule has 0 spiro atoms. The molecule has 6 nitrogen and oxygen atoms in total. The van der Waals surface area contributed by atoms with E-state index in [0.717, 1.165) is 11.3 Å². The lowest BCUT2D eigenvalue weighted by atomic mass is 10.1. The highest BCUT2D eigenvalue weighted by atomic mass is 16.5. The molecule has 0 saturated carbocycles. The van der Waals surface area contributed by atoms with Crippen LogP contribution in [0.2, 0.25) is 0 Å². The van der Waals surface area contributed by atoms with Gasteiger partial charge in [0.05, 0.1) is 32.0 Å². The fourth-order valence-electron chi connectivity index (χ4n) is 2.59. The lowest BCUT2D eigenvalue weighted by Crippen LogP contribution is -2.25. The molecule has 1 aromatic carbocycles. The van der Waals surface area contributed by atoms with Crippen LogP contribution in [0.25, 0.3) is 5.57 Å². The molecule has 0 saturated heterocycles. The monoisotopic (exact) mass is 311 g/mol. The van der Waals surface area contributed by atoms with Crippen molar-refractivity contribution in [3.05, 3.63) is 54.1 Å². The topological polar surface area (TPSA) is 77.7 Å². The van der Waals surface area contributed by atoms with E-state index in [9.17, 15) is 4.79 Å². The van der Waals surface area contributed by atoms with Crippen LogP contribution in [0.1, 0.15) is 5.56 Å². The van der Waals surface area contributed by atoms with Gasteiger partial charge in [0.2, 0.25) is 0 Å². The molecule has 0 atom stereocenters. The summed E-state index contributed by atoms with van der Waals surface area (Å²) in [7, 11) is 3.16. The highest BCUT2D eigenvalue weighted by Crippen LogP contribution is 2.34. The van der Waals surface area contributed by atoms with Gasteiger partial charge in [0.15, 0.2) is 5.78 Å². The summed E-state index contributed by atoms with van der Waals surface area (Å²) in [5.41, 5.74) is 8.26. The molecule has 1 aliphatic rings. The number of ether oxygens (including phenoxy) is 2. The van der Waals surface area contributed by atoms with E-state index in [1.165, 1.54) is 0 Å². The van der Waals surface area contributed by atoms with Gasteiger partial charge in [-0.15, -0.1) is 0 Å². The number of carbonyl (C=O) groups excluding carboxylic acids is 1. The fourth-order valence-corrected chi connectivity index (χ4v) is 2.59. The van der Waals surface area contributed by atoms with Crippen LogP contribution in [0.4, 0.5) is 5.69 Å². The van der Waals surface area contributed by atoms with Crippen molar-refractivity contribution in [3.8, 4) is 11.5 Å². The van der Waals surface area contributed by atoms with E-state index >= 15 is 0 Å². The predicted octanol–water partition coefficient (Wildman–Crippen LogP) is 1.82. The summed E-state index contributed by atoms with van der Waals surface area (Å²) in [6.07, 6.45) is 3.28. The highest BCUT2D eigenvalue weighted by molar-refractivity contribution is 6.26. The van der Waals surface area contributed by atoms with Crippen LogP contribution in [0, 0.1) is 0 Å². The van der Waals surface area contributed by atoms with Crippen molar-refractivity contribution in [3.63, 3.8) is 0 Å². The number of anilines is 1. The lowest BCUT2D eigenvalue weighted by molar-refractivity contribution is -0.112. The number of rotatable bonds is 4. The zero-order valence-electron chi connectivity index (χ0n) is 12.9. The van der Waals surface area contributed by atoms with Gasteiger partial charge >= 0.3 is 0 Å². The number of aromatic nitrogens is 1. The maximum Gasteiger partial charge on any atom is 0.186 e. The van der Waals surface area contributed by atoms with Crippen LogP contribution < -0.4 is 20.1 Å². The normalized spacial score (nSPS) is 14.3. The van der Waals surface area contributed by atoms with Gasteiger partial charge in [-0.1, -0.05) is 0 Å². The van der Waals surface area contributed by atoms with Gasteiger partial charge in [-0.05, 0) is 17.7 Å². The Morgan fingerprint density at radius 3 is 2.26 bits per heavy atom. The van der Waals surface area contributed by atoms with Crippen molar-refractivity contribution in [2.75, 3.05) is 25.7 Å². The quantitative estimate of drug-likeness (QED) is 0.928. The third-order valence-electron chi connectivity index (χ3n) is 3.74. The number of nitrogens with two attached hydrogens (primary N) is 1. The molecule has 2 N–H and O–H groups in total. The number of Topliss-reactive ketones (excluding diaryl/α,β-unsaturated/α-hetero) is 1. The number of pyridine rings is 1. The molecule has 0 amide bonds. The Morgan fingerprint density at radius 1 is 1.09 bits per heavy atom. The van der Waals surface area contributed by atoms with Crippen LogP contribution in [-0.2, 0) is 4.79 Å². The molecule has 2 aromatic rings. The standard InChI is InChI=1S/C17H17N3O3/c1-22-13-7-12(8-14(9-13)23-2)20-10-15(21)16(17(20)18)11-3-5-19-6-4-11/h3-9H,10,18H2,1-2H3. The van der Waals surface area contributed by atoms with Crippen molar-refractivity contribution >= 4 is 17.0 Å². The molecule has 118 valence electrons. The summed E-state index contributed by atoms with van der Waals surface area (Å²) in [6.45, 7) is 0.180. The first kappa shape index (κ1) is 14.9. The van der Waals surface area contributed by atoms with Crippen LogP contribution >= 0.6 is 0 Å². The largest absolute Gasteiger partial charge is 0.497 e. The van der Waals surface area contributed by atoms with E-state index in [1.54, 1.807) is 49.7 Å². The van der Waals surface area contributed by atoms with Gasteiger partial charge in [-0.25, -0.2) is 0 Å². The number of hydrogen-bond acceptors (Lipinski definition) is 6. The molecule has 1 aliphatic heterocycles. The Bertz CT molecular complexity index is 750. The number of methoxy groups -OCH3 is 2. The van der Waals surface area contributed by atoms with E-state index in [0.29, 0.717) is 22.9 Å². The summed E-state index contributed by atoms with van der Waals surface area (Å²) in [4.78, 5) is 18.1. The Kier molecular flexibility index (Phi) is 3.89. The number of hydrogen-bond donors (Lipinski definition) is 1. The highest BCUT2D eigenvalue weighted by Gasteiger charge is 2.30. The average molecular weight is 311 g/mol. The summed E-state index contributed by atoms with van der Waals surface area (Å²) in [5, 5.41) is 0. The van der Waals surface area contributed by atoms with E-state index in [2.05, 4.69) is 4.98 Å². The van der Waals surface area contributed by atoms with Gasteiger partial charge < -0.3 is 20.1 Å². The van der Waals surface area contributed by atoms with Gasteiger partial charge in [0.1, 0.15) is 17.3 Å². The van der Waals surface area contributed by atoms with Crippen molar-refractivity contribution in [2.24, 2.45) is 5.73 Å². The van der Waals surface area contributed by atoms with Crippen LogP contribution in [0.5, 0.6) is 11.5 Å². The Labute approximate surface area is 134 Å². The second-order valence-electron chi connectivity index (χ2n) is 5.08. The number of ketones is 1. The maximum absolute atomic E-state index is 12.4. The van der Waals surface area contributed by atoms with Crippen molar-refractivity contribution in [2.45, 2.75) is 0 Å². The first-order chi connectivity index (χ1) is 11.1. The van der Waals surface area contributed by atoms with Crippen molar-refractivity contribution < 1.29 is 14.3 Å². The van der Waals surface area contributed by atoms with Gasteiger partial charge in [-0.2, -0.15) is 0 Å². The van der Waals surface area contributed by atoms with Gasteiger partial charge in [0.25, 0.3) is 0 Å². The third-order valence-corrected chi connectivity index (χ3v) is 3.74. The second-order valence-corrected chi connectivity index (χ2v) is 5.08. The van der Waals surface area contributed by atoms with E-state index < -0.39 is 0 Å². The minimum absolute atomic E-state index is 0.0320. The molecule has 0 bridgehead atoms. The number of carbonyl (C=O) groups is 1. The Balaban J connectivity index is 2.05. The van der Waals surface area contributed by atoms with Crippen LogP contribution in [0.15, 0.2) is 48.5 Å². The third kappa shape index (κ3) is 2.70. The Hall–Kier alpha value is -3.02. The van der Waals surface area contributed by atoms with Gasteiger partial charge in [-0.3, -0.25) is 9.78 Å². The minimum atomic E-state index is -0.0320. The lowest BCUT2D eigenvalue weighted by Gasteiger charge is -2.20. The predicted molar refractivity (Wildman–Crippen MR) is 87.2 cm³/mol. The minimum Gasteiger partial charge on any atom is -0.497 e. The SMILES string of the molecule is COc1cc(OC)cc(N2CC(=O)C(c3ccncc3)=C2N)c1. The molecule has 0 aliphatic carbocycles. The molecule has 23 heavy (non-hydrogen) atoms. The average Bonchev–Trinajstić information content (AvgIpc) is 2.89. The summed E-state index contributed by atoms with van der Waals surface area (Å²) >= 11 is 0. The number of nitrogens with zero attached hydrogens (tertiary/aromatic N) is 2. The molecule has 2 heterocycles. The van der Waals surface area contributed by atoms with Crippen molar-refractivity contribution in [1.82, 2.24) is 4.98 Å². The molecule has 0 radical (unpaired) electrons. The molecule has 0 unspecified atom stereocenters. The summed E-state index contributed by atoms with van der Waals surface area (Å²) < 4.78 is 10.5. The Morgan fingerprint density at radius 2 is 1.70 bits per heavy atom. The molecular weight excluding hydrogens is 294 g/mol. The fraction of sp³-hybridized carbons (Fsp3) is 0.176. The second kappa shape index (κ2) is 6.00. The van der Waals surface area contributed by atoms with Gasteiger partial charge in [0, 0.05) is 30.6 Å². The zero-order valence-corrected chi connectivity index (χ0v) is 12.9. The summed E-state index contributed by atoms with van der Waals surface area (Å²) in [6, 6.07) is 8.95. The van der Waals surface area contributed by atoms with E-state index in [4.69, 9.17) is 15.2 Å². The molecule has 6 heteroatoms. The van der Waals surface area contributed by atoms with Crippen LogP contribution in [0.3, 0.4) is 0 Å². The molecular formula is C17H17N3O3. The van der Waals surface area contributed by atoms with E-state index in [-0.39, 0.29) is 12.3 Å². The van der Waals surface area contributed by atoms with Crippen molar-refractivity contribution in [1.29, 1.82) is 0 Å². The zero-order chi connectivity index (χ0) is 16.4. The van der Waals surface area contributed by atoms with E-state index in [1.807, 2.05) is 12.1 Å². The van der Waals surface area contributed by atoms with Crippen LogP contribution in [-0.4, -0.2) is 31.5 Å². The first-order valence-corrected chi connectivity index (χ1v) is 7.08.